The number of anilines is 1. The molecule has 3 aromatic rings. The molecule has 1 saturated heterocycles. The molecule has 2 aromatic heterocycles. The van der Waals surface area contributed by atoms with E-state index in [-0.39, 0.29) is 16.1 Å². The number of amides is 1. The summed E-state index contributed by atoms with van der Waals surface area (Å²) in [6.07, 6.45) is 1.93. The molecule has 1 atom stereocenters. The van der Waals surface area contributed by atoms with Gasteiger partial charge in [0.25, 0.3) is 10.0 Å². The summed E-state index contributed by atoms with van der Waals surface area (Å²) in [5.41, 5.74) is 1.84. The van der Waals surface area contributed by atoms with Gasteiger partial charge in [-0.1, -0.05) is 35.3 Å². The van der Waals surface area contributed by atoms with Crippen molar-refractivity contribution in [2.24, 2.45) is 0 Å². The quantitative estimate of drug-likeness (QED) is 0.663. The van der Waals surface area contributed by atoms with E-state index in [1.807, 2.05) is 31.2 Å². The number of rotatable bonds is 5. The number of hydrogen-bond donors (Lipinski definition) is 1. The van der Waals surface area contributed by atoms with Gasteiger partial charge in [-0.15, -0.1) is 16.4 Å². The fourth-order valence-corrected chi connectivity index (χ4v) is 6.03. The van der Waals surface area contributed by atoms with Crippen LogP contribution in [0.15, 0.2) is 50.4 Å². The third kappa shape index (κ3) is 4.09. The van der Waals surface area contributed by atoms with Crippen molar-refractivity contribution in [1.82, 2.24) is 14.5 Å². The minimum Gasteiger partial charge on any atom is -0.403 e. The third-order valence-electron chi connectivity index (χ3n) is 4.77. The maximum absolute atomic E-state index is 12.9. The van der Waals surface area contributed by atoms with Crippen LogP contribution in [-0.2, 0) is 14.8 Å². The average molecular weight is 433 g/mol. The first kappa shape index (κ1) is 19.7. The molecule has 0 aliphatic carbocycles. The molecule has 0 radical (unpaired) electrons. The van der Waals surface area contributed by atoms with Crippen LogP contribution in [0.5, 0.6) is 0 Å². The molecule has 152 valence electrons. The number of piperidine rings is 1. The summed E-state index contributed by atoms with van der Waals surface area (Å²) in [7, 11) is -3.72. The first-order valence-electron chi connectivity index (χ1n) is 9.22. The summed E-state index contributed by atoms with van der Waals surface area (Å²) in [6.45, 7) is 2.28. The van der Waals surface area contributed by atoms with E-state index in [0.29, 0.717) is 19.4 Å². The molecule has 10 heteroatoms. The summed E-state index contributed by atoms with van der Waals surface area (Å²) in [4.78, 5) is 12.8. The zero-order valence-corrected chi connectivity index (χ0v) is 17.4. The first-order valence-corrected chi connectivity index (χ1v) is 11.5. The number of sulfonamides is 1. The molecule has 1 fully saturated rings. The fraction of sp³-hybridized carbons (Fsp3) is 0.316. The van der Waals surface area contributed by atoms with Crippen molar-refractivity contribution in [2.75, 3.05) is 11.9 Å². The van der Waals surface area contributed by atoms with E-state index in [0.717, 1.165) is 28.9 Å². The van der Waals surface area contributed by atoms with Gasteiger partial charge in [0.1, 0.15) is 10.3 Å². The number of benzene rings is 1. The van der Waals surface area contributed by atoms with Gasteiger partial charge >= 0.3 is 6.01 Å². The second-order valence-electron chi connectivity index (χ2n) is 6.83. The van der Waals surface area contributed by atoms with Crippen LogP contribution >= 0.6 is 11.3 Å². The molecule has 1 N–H and O–H groups in total. The normalized spacial score (nSPS) is 17.9. The van der Waals surface area contributed by atoms with Crippen molar-refractivity contribution in [3.8, 4) is 11.5 Å². The van der Waals surface area contributed by atoms with Gasteiger partial charge in [-0.25, -0.2) is 8.42 Å². The van der Waals surface area contributed by atoms with E-state index in [4.69, 9.17) is 4.42 Å². The molecule has 0 spiro atoms. The number of aryl methyl sites for hydroxylation is 1. The van der Waals surface area contributed by atoms with Gasteiger partial charge in [0.2, 0.25) is 11.8 Å². The standard InChI is InChI=1S/C19H20N4O4S2/c1-13-7-9-14(10-8-13)18-21-22-19(27-18)20-17(24)15-5-2-3-11-23(15)29(25,26)16-6-4-12-28-16/h4,6-10,12,15H,2-3,5,11H2,1H3,(H,20,22,24). The summed E-state index contributed by atoms with van der Waals surface area (Å²) in [5.74, 6) is -0.184. The minimum atomic E-state index is -3.72. The topological polar surface area (TPSA) is 105 Å². The van der Waals surface area contributed by atoms with Crippen LogP contribution in [0.3, 0.4) is 0 Å². The van der Waals surface area contributed by atoms with E-state index in [9.17, 15) is 13.2 Å². The lowest BCUT2D eigenvalue weighted by molar-refractivity contribution is -0.120. The van der Waals surface area contributed by atoms with Gasteiger partial charge < -0.3 is 4.42 Å². The number of nitrogens with one attached hydrogen (secondary N) is 1. The maximum Gasteiger partial charge on any atom is 0.322 e. The lowest BCUT2D eigenvalue weighted by Crippen LogP contribution is -2.49. The number of thiophene rings is 1. The van der Waals surface area contributed by atoms with Crippen molar-refractivity contribution >= 4 is 33.3 Å². The van der Waals surface area contributed by atoms with Gasteiger partial charge in [0, 0.05) is 12.1 Å². The predicted molar refractivity (Wildman–Crippen MR) is 109 cm³/mol. The molecule has 0 saturated carbocycles. The van der Waals surface area contributed by atoms with Crippen molar-refractivity contribution in [1.29, 1.82) is 0 Å². The Labute approximate surface area is 172 Å². The molecule has 1 aromatic carbocycles. The molecule has 1 amide bonds. The molecular formula is C19H20N4O4S2. The molecule has 29 heavy (non-hydrogen) atoms. The Morgan fingerprint density at radius 3 is 2.72 bits per heavy atom. The largest absolute Gasteiger partial charge is 0.403 e. The molecule has 1 aliphatic heterocycles. The van der Waals surface area contributed by atoms with Gasteiger partial charge in [-0.3, -0.25) is 10.1 Å². The van der Waals surface area contributed by atoms with E-state index >= 15 is 0 Å². The Kier molecular flexibility index (Phi) is 5.48. The van der Waals surface area contributed by atoms with Gasteiger partial charge in [0.15, 0.2) is 0 Å². The van der Waals surface area contributed by atoms with Crippen LogP contribution in [0, 0.1) is 6.92 Å². The SMILES string of the molecule is Cc1ccc(-c2nnc(NC(=O)C3CCCCN3S(=O)(=O)c3cccs3)o2)cc1. The second kappa shape index (κ2) is 8.05. The van der Waals surface area contributed by atoms with E-state index < -0.39 is 22.0 Å². The highest BCUT2D eigenvalue weighted by Gasteiger charge is 2.38. The zero-order chi connectivity index (χ0) is 20.4. The van der Waals surface area contributed by atoms with Gasteiger partial charge in [-0.05, 0) is 43.3 Å². The lowest BCUT2D eigenvalue weighted by Gasteiger charge is -2.32. The smallest absolute Gasteiger partial charge is 0.322 e. The Morgan fingerprint density at radius 2 is 2.00 bits per heavy atom. The van der Waals surface area contributed by atoms with Gasteiger partial charge in [-0.2, -0.15) is 4.31 Å². The zero-order valence-electron chi connectivity index (χ0n) is 15.7. The lowest BCUT2D eigenvalue weighted by atomic mass is 10.0. The van der Waals surface area contributed by atoms with Crippen LogP contribution in [0.25, 0.3) is 11.5 Å². The second-order valence-corrected chi connectivity index (χ2v) is 9.89. The number of carbonyl (C=O) groups excluding carboxylic acids is 1. The van der Waals surface area contributed by atoms with E-state index in [2.05, 4.69) is 15.5 Å². The molecule has 3 heterocycles. The molecule has 1 unspecified atom stereocenters. The molecular weight excluding hydrogens is 412 g/mol. The van der Waals surface area contributed by atoms with Crippen LogP contribution in [-0.4, -0.2) is 41.4 Å². The van der Waals surface area contributed by atoms with Crippen LogP contribution in [0.1, 0.15) is 24.8 Å². The number of nitrogens with zero attached hydrogens (tertiary/aromatic N) is 3. The Balaban J connectivity index is 1.52. The molecule has 1 aliphatic rings. The van der Waals surface area contributed by atoms with Crippen molar-refractivity contribution < 1.29 is 17.6 Å². The summed E-state index contributed by atoms with van der Waals surface area (Å²) < 4.78 is 32.9. The van der Waals surface area contributed by atoms with Crippen molar-refractivity contribution in [3.63, 3.8) is 0 Å². The van der Waals surface area contributed by atoms with Crippen molar-refractivity contribution in [3.05, 3.63) is 47.3 Å². The Morgan fingerprint density at radius 1 is 1.21 bits per heavy atom. The van der Waals surface area contributed by atoms with E-state index in [1.54, 1.807) is 17.5 Å². The predicted octanol–water partition coefficient (Wildman–Crippen LogP) is 3.29. The summed E-state index contributed by atoms with van der Waals surface area (Å²) in [6, 6.07) is 9.92. The highest BCUT2D eigenvalue weighted by Crippen LogP contribution is 2.29. The summed E-state index contributed by atoms with van der Waals surface area (Å²) >= 11 is 1.14. The Bertz CT molecular complexity index is 1090. The number of carbonyl (C=O) groups is 1. The summed E-state index contributed by atoms with van der Waals surface area (Å²) in [5, 5.41) is 12.1. The van der Waals surface area contributed by atoms with Crippen LogP contribution in [0.4, 0.5) is 6.01 Å². The maximum atomic E-state index is 12.9. The van der Waals surface area contributed by atoms with Crippen LogP contribution < -0.4 is 5.32 Å². The van der Waals surface area contributed by atoms with Crippen molar-refractivity contribution in [2.45, 2.75) is 36.4 Å². The first-order chi connectivity index (χ1) is 13.9. The molecule has 4 rings (SSSR count). The number of hydrogen-bond acceptors (Lipinski definition) is 7. The molecule has 8 nitrogen and oxygen atoms in total. The minimum absolute atomic E-state index is 0.0513. The fourth-order valence-electron chi connectivity index (χ4n) is 3.26. The number of aromatic nitrogens is 2. The highest BCUT2D eigenvalue weighted by atomic mass is 32.2. The van der Waals surface area contributed by atoms with Crippen LogP contribution in [0.2, 0.25) is 0 Å². The average Bonchev–Trinajstić information content (AvgIpc) is 3.41. The molecule has 0 bridgehead atoms. The Hall–Kier alpha value is -2.56. The highest BCUT2D eigenvalue weighted by molar-refractivity contribution is 7.91. The van der Waals surface area contributed by atoms with E-state index in [1.165, 1.54) is 4.31 Å². The monoisotopic (exact) mass is 432 g/mol. The van der Waals surface area contributed by atoms with Gasteiger partial charge in [0.05, 0.1) is 0 Å². The third-order valence-corrected chi connectivity index (χ3v) is 8.05.